The van der Waals surface area contributed by atoms with E-state index in [0.717, 1.165) is 90.1 Å². The average molecular weight is 962 g/mol. The monoisotopic (exact) mass is 961 g/mol. The van der Waals surface area contributed by atoms with Gasteiger partial charge in [-0.25, -0.2) is 0 Å². The molecule has 0 saturated heterocycles. The Balaban J connectivity index is 5.00. The number of nitrogens with zero attached hydrogens (tertiary/aromatic N) is 2. The number of ether oxygens (including phenoxy) is 2. The van der Waals surface area contributed by atoms with E-state index in [1.807, 2.05) is 0 Å². The van der Waals surface area contributed by atoms with Gasteiger partial charge in [0.15, 0.2) is 5.78 Å². The Bertz CT molecular complexity index is 1060. The number of rotatable bonds is 55. The lowest BCUT2D eigenvalue weighted by Gasteiger charge is -2.33. The third kappa shape index (κ3) is 44.5. The van der Waals surface area contributed by atoms with Crippen LogP contribution in [-0.4, -0.2) is 79.5 Å². The third-order valence-corrected chi connectivity index (χ3v) is 14.5. The van der Waals surface area contributed by atoms with Gasteiger partial charge in [-0.1, -0.05) is 227 Å². The van der Waals surface area contributed by atoms with E-state index in [9.17, 15) is 14.4 Å². The van der Waals surface area contributed by atoms with E-state index in [4.69, 9.17) is 9.47 Å². The summed E-state index contributed by atoms with van der Waals surface area (Å²) in [5, 5.41) is 0. The van der Waals surface area contributed by atoms with Crippen LogP contribution in [0.1, 0.15) is 324 Å². The van der Waals surface area contributed by atoms with E-state index in [1.54, 1.807) is 0 Å². The fourth-order valence-electron chi connectivity index (χ4n) is 9.96. The smallest absolute Gasteiger partial charge is 0.306 e. The van der Waals surface area contributed by atoms with Crippen LogP contribution >= 0.6 is 0 Å². The summed E-state index contributed by atoms with van der Waals surface area (Å²) >= 11 is 0. The number of unbranched alkanes of at least 4 members (excludes halogenated alkanes) is 28. The lowest BCUT2D eigenvalue weighted by molar-refractivity contribution is -0.150. The Morgan fingerprint density at radius 3 is 1.16 bits per heavy atom. The molecule has 0 saturated carbocycles. The molecule has 0 aliphatic rings. The lowest BCUT2D eigenvalue weighted by Crippen LogP contribution is -2.41. The molecule has 0 aromatic rings. The van der Waals surface area contributed by atoms with Crippen molar-refractivity contribution in [3.63, 3.8) is 0 Å². The highest BCUT2D eigenvalue weighted by molar-refractivity contribution is 5.79. The number of ketones is 1. The molecule has 7 nitrogen and oxygen atoms in total. The summed E-state index contributed by atoms with van der Waals surface area (Å²) in [5.41, 5.74) is 0. The first-order chi connectivity index (χ1) is 33.2. The maximum absolute atomic E-state index is 14.0. The van der Waals surface area contributed by atoms with Crippen molar-refractivity contribution < 1.29 is 23.9 Å². The molecular formula is C61H120N2O5. The van der Waals surface area contributed by atoms with Crippen LogP contribution in [0, 0.1) is 0 Å². The quantitative estimate of drug-likeness (QED) is 0.0447. The summed E-state index contributed by atoms with van der Waals surface area (Å²) in [7, 11) is 4.28. The first kappa shape index (κ1) is 66.5. The topological polar surface area (TPSA) is 76.2 Å². The number of amides is 1. The van der Waals surface area contributed by atoms with Crippen molar-refractivity contribution in [3.05, 3.63) is 0 Å². The van der Waals surface area contributed by atoms with Crippen LogP contribution in [0.3, 0.4) is 0 Å². The largest absolute Gasteiger partial charge is 0.462 e. The zero-order valence-electron chi connectivity index (χ0n) is 47.1. The van der Waals surface area contributed by atoms with Crippen LogP contribution in [0.15, 0.2) is 0 Å². The van der Waals surface area contributed by atoms with Gasteiger partial charge in [0.1, 0.15) is 12.7 Å². The second kappa shape index (κ2) is 51.9. The van der Waals surface area contributed by atoms with Gasteiger partial charge in [0.25, 0.3) is 0 Å². The van der Waals surface area contributed by atoms with Crippen molar-refractivity contribution in [3.8, 4) is 0 Å². The van der Waals surface area contributed by atoms with E-state index in [1.165, 1.54) is 193 Å². The lowest BCUT2D eigenvalue weighted by atomic mass is 9.97. The summed E-state index contributed by atoms with van der Waals surface area (Å²) in [5.74, 6) is 0.683. The Morgan fingerprint density at radius 2 is 0.721 bits per heavy atom. The van der Waals surface area contributed by atoms with Crippen molar-refractivity contribution >= 4 is 17.7 Å². The Hall–Kier alpha value is -1.47. The van der Waals surface area contributed by atoms with Gasteiger partial charge in [0.05, 0.1) is 6.10 Å². The molecule has 0 heterocycles. The van der Waals surface area contributed by atoms with Crippen LogP contribution in [0.4, 0.5) is 0 Å². The molecule has 1 unspecified atom stereocenters. The molecule has 404 valence electrons. The minimum atomic E-state index is 0.0152. The predicted octanol–water partition coefficient (Wildman–Crippen LogP) is 18.3. The van der Waals surface area contributed by atoms with E-state index in [2.05, 4.69) is 58.5 Å². The highest BCUT2D eigenvalue weighted by Gasteiger charge is 2.23. The fraction of sp³-hybridized carbons (Fsp3) is 0.951. The van der Waals surface area contributed by atoms with Gasteiger partial charge in [-0.2, -0.15) is 0 Å². The SMILES string of the molecule is CCCCCCCCC(=O)N(CCCN(C)C)C(CCCCCCCCCC(=O)COC(CCCCCC)CCCCCC)CCCCCCCCC(=O)OC(CCCCCC)CCCCCC. The zero-order chi connectivity index (χ0) is 50.0. The van der Waals surface area contributed by atoms with Crippen LogP contribution in [0.2, 0.25) is 0 Å². The molecule has 0 aromatic carbocycles. The number of esters is 1. The average Bonchev–Trinajstić information content (AvgIpc) is 3.32. The Labute approximate surface area is 425 Å². The van der Waals surface area contributed by atoms with E-state index in [0.29, 0.717) is 37.8 Å². The van der Waals surface area contributed by atoms with Crippen molar-refractivity contribution in [1.29, 1.82) is 0 Å². The molecule has 0 bridgehead atoms. The van der Waals surface area contributed by atoms with Gasteiger partial charge in [0.2, 0.25) is 5.91 Å². The number of hydrogen-bond donors (Lipinski definition) is 0. The summed E-state index contributed by atoms with van der Waals surface area (Å²) < 4.78 is 12.2. The second-order valence-electron chi connectivity index (χ2n) is 21.6. The fourth-order valence-corrected chi connectivity index (χ4v) is 9.96. The molecule has 7 heteroatoms. The molecule has 0 spiro atoms. The summed E-state index contributed by atoms with van der Waals surface area (Å²) in [6.07, 6.45) is 51.9. The Morgan fingerprint density at radius 1 is 0.368 bits per heavy atom. The van der Waals surface area contributed by atoms with Crippen molar-refractivity contribution in [2.75, 3.05) is 33.8 Å². The van der Waals surface area contributed by atoms with Crippen molar-refractivity contribution in [2.24, 2.45) is 0 Å². The van der Waals surface area contributed by atoms with Crippen LogP contribution in [-0.2, 0) is 23.9 Å². The van der Waals surface area contributed by atoms with Gasteiger partial charge in [-0.05, 0) is 97.7 Å². The number of carbonyl (C=O) groups excluding carboxylic acids is 3. The predicted molar refractivity (Wildman–Crippen MR) is 295 cm³/mol. The molecule has 0 aromatic heterocycles. The number of carbonyl (C=O) groups is 3. The van der Waals surface area contributed by atoms with Gasteiger partial charge in [-0.3, -0.25) is 14.4 Å². The van der Waals surface area contributed by atoms with E-state index >= 15 is 0 Å². The number of Topliss-reactive ketones (excluding diaryl/α,β-unsaturated/α-hetero) is 1. The molecule has 1 amide bonds. The highest BCUT2D eigenvalue weighted by Crippen LogP contribution is 2.23. The second-order valence-corrected chi connectivity index (χ2v) is 21.6. The molecule has 0 aliphatic heterocycles. The highest BCUT2D eigenvalue weighted by atomic mass is 16.5. The molecule has 68 heavy (non-hydrogen) atoms. The maximum atomic E-state index is 14.0. The summed E-state index contributed by atoms with van der Waals surface area (Å²) in [4.78, 5) is 44.1. The molecule has 0 aliphatic carbocycles. The summed E-state index contributed by atoms with van der Waals surface area (Å²) in [6.45, 7) is 13.5. The first-order valence-corrected chi connectivity index (χ1v) is 30.5. The van der Waals surface area contributed by atoms with E-state index in [-0.39, 0.29) is 24.0 Å². The van der Waals surface area contributed by atoms with Crippen LogP contribution in [0.5, 0.6) is 0 Å². The van der Waals surface area contributed by atoms with Gasteiger partial charge in [-0.15, -0.1) is 0 Å². The summed E-state index contributed by atoms with van der Waals surface area (Å²) in [6, 6.07) is 0.330. The molecule has 0 fully saturated rings. The van der Waals surface area contributed by atoms with Gasteiger partial charge < -0.3 is 19.3 Å². The standard InChI is InChI=1S/C61H120N2O5/c1-8-13-18-23-32-41-51-60(65)63(54-43-53-62(6)7)56(45-35-30-27-28-33-42-52-61(66)68-59(49-39-21-16-11-4)50-40-22-17-12-5)44-34-29-25-24-26-31-36-46-57(64)55-67-58(47-37-19-14-9-2)48-38-20-15-10-3/h56,58-59H,8-55H2,1-7H3. The van der Waals surface area contributed by atoms with E-state index < -0.39 is 0 Å². The minimum absolute atomic E-state index is 0.0152. The maximum Gasteiger partial charge on any atom is 0.306 e. The first-order valence-electron chi connectivity index (χ1n) is 30.5. The molecule has 0 radical (unpaired) electrons. The van der Waals surface area contributed by atoms with Gasteiger partial charge >= 0.3 is 5.97 Å². The minimum Gasteiger partial charge on any atom is -0.462 e. The normalized spacial score (nSPS) is 12.2. The Kier molecular flexibility index (Phi) is 50.8. The van der Waals surface area contributed by atoms with Crippen LogP contribution < -0.4 is 0 Å². The molecule has 0 rings (SSSR count). The van der Waals surface area contributed by atoms with Crippen LogP contribution in [0.25, 0.3) is 0 Å². The zero-order valence-corrected chi connectivity index (χ0v) is 47.1. The van der Waals surface area contributed by atoms with Crippen molar-refractivity contribution in [2.45, 2.75) is 342 Å². The molecular weight excluding hydrogens is 841 g/mol. The number of hydrogen-bond acceptors (Lipinski definition) is 6. The third-order valence-electron chi connectivity index (χ3n) is 14.5. The van der Waals surface area contributed by atoms with Gasteiger partial charge in [0, 0.05) is 31.8 Å². The molecule has 0 N–H and O–H groups in total. The molecule has 1 atom stereocenters. The van der Waals surface area contributed by atoms with Crippen molar-refractivity contribution in [1.82, 2.24) is 9.80 Å².